The maximum absolute atomic E-state index is 14.0. The standard InChI is InChI=1S/C32H38F3N3O9/c1-20-26(27(21-11-10-12-22(17-21)38(42)43)28(30(40)45-3)29(37-20)32(33,34)35)31(41)46-16-9-5-4-8-15-36-18-23(39)19-47-25-14-7-6-13-24(25)44-2/h6-7,10-14,17,23,27,36-37,39H,4-5,8-9,15-16,18-19H2,1-3H3. The average molecular weight is 666 g/mol. The first-order valence-electron chi connectivity index (χ1n) is 14.8. The summed E-state index contributed by atoms with van der Waals surface area (Å²) in [5.74, 6) is -2.87. The number of nitrogens with one attached hydrogen (secondary N) is 2. The smallest absolute Gasteiger partial charge is 0.431 e. The molecule has 1 aliphatic rings. The van der Waals surface area contributed by atoms with Crippen LogP contribution < -0.4 is 20.1 Å². The van der Waals surface area contributed by atoms with E-state index < -0.39 is 52.0 Å². The van der Waals surface area contributed by atoms with Crippen LogP contribution >= 0.6 is 0 Å². The molecule has 0 amide bonds. The Kier molecular flexibility index (Phi) is 13.6. The number of nitro groups is 1. The molecule has 2 aromatic carbocycles. The third kappa shape index (κ3) is 10.2. The lowest BCUT2D eigenvalue weighted by atomic mass is 9.80. The number of carbonyl (C=O) groups excluding carboxylic acids is 2. The van der Waals surface area contributed by atoms with Gasteiger partial charge in [-0.25, -0.2) is 9.59 Å². The number of esters is 2. The predicted octanol–water partition coefficient (Wildman–Crippen LogP) is 4.69. The molecular weight excluding hydrogens is 627 g/mol. The van der Waals surface area contributed by atoms with Crippen molar-refractivity contribution in [3.8, 4) is 11.5 Å². The summed E-state index contributed by atoms with van der Waals surface area (Å²) in [4.78, 5) is 36.7. The van der Waals surface area contributed by atoms with Gasteiger partial charge in [-0.1, -0.05) is 37.1 Å². The first-order valence-corrected chi connectivity index (χ1v) is 14.8. The van der Waals surface area contributed by atoms with E-state index in [-0.39, 0.29) is 30.0 Å². The number of aliphatic hydroxyl groups is 1. The molecule has 1 heterocycles. The highest BCUT2D eigenvalue weighted by molar-refractivity contribution is 6.00. The van der Waals surface area contributed by atoms with Crippen molar-refractivity contribution in [1.82, 2.24) is 10.6 Å². The monoisotopic (exact) mass is 665 g/mol. The zero-order valence-corrected chi connectivity index (χ0v) is 26.2. The van der Waals surface area contributed by atoms with Crippen LogP contribution in [-0.2, 0) is 19.1 Å². The van der Waals surface area contributed by atoms with E-state index >= 15 is 0 Å². The van der Waals surface area contributed by atoms with E-state index in [0.717, 1.165) is 32.1 Å². The number of non-ortho nitro benzene ring substituents is 1. The number of ether oxygens (including phenoxy) is 4. The maximum atomic E-state index is 14.0. The quantitative estimate of drug-likeness (QED) is 0.0932. The number of dihydropyridines is 1. The van der Waals surface area contributed by atoms with Crippen LogP contribution in [0.2, 0.25) is 0 Å². The van der Waals surface area contributed by atoms with Crippen molar-refractivity contribution in [2.45, 2.75) is 50.8 Å². The number of hydrogen-bond donors (Lipinski definition) is 3. The van der Waals surface area contributed by atoms with Crippen molar-refractivity contribution in [1.29, 1.82) is 0 Å². The molecule has 3 rings (SSSR count). The molecule has 0 saturated heterocycles. The molecule has 47 heavy (non-hydrogen) atoms. The van der Waals surface area contributed by atoms with Crippen LogP contribution in [0, 0.1) is 10.1 Å². The SMILES string of the molecule is COC(=O)C1=C(C(F)(F)F)NC(C)=C(C(=O)OCCCCCCNCC(O)COc2ccccc2OC)C1c1cccc([N+](=O)[O-])c1. The number of benzene rings is 2. The van der Waals surface area contributed by atoms with E-state index in [1.54, 1.807) is 18.2 Å². The number of para-hydroxylation sites is 2. The summed E-state index contributed by atoms with van der Waals surface area (Å²) in [6.45, 7) is 2.21. The second-order valence-corrected chi connectivity index (χ2v) is 10.6. The molecule has 2 aromatic rings. The summed E-state index contributed by atoms with van der Waals surface area (Å²) >= 11 is 0. The Morgan fingerprint density at radius 2 is 1.72 bits per heavy atom. The van der Waals surface area contributed by atoms with Gasteiger partial charge in [-0.15, -0.1) is 0 Å². The second-order valence-electron chi connectivity index (χ2n) is 10.6. The Morgan fingerprint density at radius 1 is 1.02 bits per heavy atom. The minimum absolute atomic E-state index is 0.0485. The fraction of sp³-hybridized carbons (Fsp3) is 0.438. The van der Waals surface area contributed by atoms with Crippen LogP contribution in [0.4, 0.5) is 18.9 Å². The Hall–Kier alpha value is -4.63. The summed E-state index contributed by atoms with van der Waals surface area (Å²) in [6, 6.07) is 11.8. The van der Waals surface area contributed by atoms with Crippen LogP contribution in [0.1, 0.15) is 44.1 Å². The van der Waals surface area contributed by atoms with Crippen LogP contribution in [0.25, 0.3) is 0 Å². The Morgan fingerprint density at radius 3 is 2.38 bits per heavy atom. The number of rotatable bonds is 17. The number of alkyl halides is 3. The normalized spacial score (nSPS) is 15.5. The molecule has 0 bridgehead atoms. The van der Waals surface area contributed by atoms with Gasteiger partial charge in [0.25, 0.3) is 5.69 Å². The minimum Gasteiger partial charge on any atom is -0.493 e. The van der Waals surface area contributed by atoms with Gasteiger partial charge in [0.05, 0.1) is 42.8 Å². The lowest BCUT2D eigenvalue weighted by Gasteiger charge is -2.31. The van der Waals surface area contributed by atoms with E-state index in [1.165, 1.54) is 26.2 Å². The summed E-state index contributed by atoms with van der Waals surface area (Å²) in [5, 5.41) is 26.8. The Bertz CT molecular complexity index is 1480. The van der Waals surface area contributed by atoms with E-state index in [0.29, 0.717) is 37.4 Å². The molecular formula is C32H38F3N3O9. The number of methoxy groups -OCH3 is 2. The number of hydrogen-bond acceptors (Lipinski definition) is 11. The summed E-state index contributed by atoms with van der Waals surface area (Å²) in [6.07, 6.45) is -3.11. The summed E-state index contributed by atoms with van der Waals surface area (Å²) in [7, 11) is 2.43. The molecule has 0 aromatic heterocycles. The highest BCUT2D eigenvalue weighted by atomic mass is 19.4. The van der Waals surface area contributed by atoms with Crippen molar-refractivity contribution in [3.05, 3.63) is 86.7 Å². The van der Waals surface area contributed by atoms with Crippen molar-refractivity contribution in [2.24, 2.45) is 0 Å². The lowest BCUT2D eigenvalue weighted by Crippen LogP contribution is -2.38. The average Bonchev–Trinajstić information content (AvgIpc) is 3.05. The van der Waals surface area contributed by atoms with Gasteiger partial charge in [-0.05, 0) is 44.0 Å². The predicted molar refractivity (Wildman–Crippen MR) is 164 cm³/mol. The lowest BCUT2D eigenvalue weighted by molar-refractivity contribution is -0.384. The number of nitrogens with zero attached hydrogens (tertiary/aromatic N) is 1. The molecule has 15 heteroatoms. The molecule has 0 radical (unpaired) electrons. The Labute approximate surface area is 269 Å². The van der Waals surface area contributed by atoms with Gasteiger partial charge >= 0.3 is 18.1 Å². The van der Waals surface area contributed by atoms with Gasteiger partial charge in [0.2, 0.25) is 0 Å². The van der Waals surface area contributed by atoms with Crippen LogP contribution in [0.5, 0.6) is 11.5 Å². The molecule has 2 atom stereocenters. The van der Waals surface area contributed by atoms with Crippen LogP contribution in [0.15, 0.2) is 71.1 Å². The fourth-order valence-electron chi connectivity index (χ4n) is 5.00. The molecule has 256 valence electrons. The number of halogens is 3. The van der Waals surface area contributed by atoms with Gasteiger partial charge in [0, 0.05) is 24.4 Å². The summed E-state index contributed by atoms with van der Waals surface area (Å²) < 4.78 is 63.0. The zero-order valence-electron chi connectivity index (χ0n) is 26.2. The van der Waals surface area contributed by atoms with E-state index in [1.807, 2.05) is 6.07 Å². The number of carbonyl (C=O) groups is 2. The van der Waals surface area contributed by atoms with Crippen LogP contribution in [-0.4, -0.2) is 74.8 Å². The molecule has 2 unspecified atom stereocenters. The van der Waals surface area contributed by atoms with Crippen LogP contribution in [0.3, 0.4) is 0 Å². The molecule has 0 saturated carbocycles. The molecule has 12 nitrogen and oxygen atoms in total. The highest BCUT2D eigenvalue weighted by Gasteiger charge is 2.47. The largest absolute Gasteiger partial charge is 0.493 e. The number of nitro benzene ring substituents is 1. The maximum Gasteiger partial charge on any atom is 0.431 e. The fourth-order valence-corrected chi connectivity index (χ4v) is 5.00. The van der Waals surface area contributed by atoms with E-state index in [2.05, 4.69) is 15.4 Å². The van der Waals surface area contributed by atoms with Crippen molar-refractivity contribution in [2.75, 3.05) is 40.5 Å². The number of aliphatic hydroxyl groups excluding tert-OH is 1. The Balaban J connectivity index is 1.54. The molecule has 0 aliphatic carbocycles. The molecule has 0 fully saturated rings. The van der Waals surface area contributed by atoms with Gasteiger partial charge < -0.3 is 34.7 Å². The van der Waals surface area contributed by atoms with Gasteiger partial charge in [0.1, 0.15) is 18.4 Å². The van der Waals surface area contributed by atoms with Gasteiger partial charge in [-0.2, -0.15) is 13.2 Å². The van der Waals surface area contributed by atoms with Crippen molar-refractivity contribution >= 4 is 17.6 Å². The molecule has 0 spiro atoms. The van der Waals surface area contributed by atoms with E-state index in [9.17, 15) is 38.0 Å². The van der Waals surface area contributed by atoms with Crippen molar-refractivity contribution in [3.63, 3.8) is 0 Å². The van der Waals surface area contributed by atoms with Crippen molar-refractivity contribution < 1.29 is 51.7 Å². The molecule has 3 N–H and O–H groups in total. The third-order valence-corrected chi connectivity index (χ3v) is 7.25. The van der Waals surface area contributed by atoms with Gasteiger partial charge in [0.15, 0.2) is 11.5 Å². The first-order chi connectivity index (χ1) is 22.4. The first kappa shape index (κ1) is 36.8. The third-order valence-electron chi connectivity index (χ3n) is 7.25. The molecule has 1 aliphatic heterocycles. The van der Waals surface area contributed by atoms with E-state index in [4.69, 9.17) is 14.2 Å². The highest BCUT2D eigenvalue weighted by Crippen LogP contribution is 2.44. The number of unbranched alkanes of at least 4 members (excludes halogenated alkanes) is 3. The summed E-state index contributed by atoms with van der Waals surface area (Å²) in [5.41, 5.74) is -3.38. The topological polar surface area (TPSA) is 158 Å². The number of allylic oxidation sites excluding steroid dienone is 2. The zero-order chi connectivity index (χ0) is 34.6. The minimum atomic E-state index is -5.03. The van der Waals surface area contributed by atoms with Gasteiger partial charge in [-0.3, -0.25) is 10.1 Å². The second kappa shape index (κ2) is 17.3.